The Bertz CT molecular complexity index is 1370. The zero-order valence-electron chi connectivity index (χ0n) is 21.2. The fourth-order valence-electron chi connectivity index (χ4n) is 4.90. The van der Waals surface area contributed by atoms with Gasteiger partial charge in [0.1, 0.15) is 12.3 Å². The number of rotatable bonds is 10. The van der Waals surface area contributed by atoms with E-state index in [9.17, 15) is 19.2 Å². The summed E-state index contributed by atoms with van der Waals surface area (Å²) in [5.74, 6) is 0.107. The Labute approximate surface area is 215 Å². The van der Waals surface area contributed by atoms with Crippen molar-refractivity contribution in [3.05, 3.63) is 69.4 Å². The van der Waals surface area contributed by atoms with E-state index in [-0.39, 0.29) is 25.0 Å². The molecule has 9 heteroatoms. The third kappa shape index (κ3) is 6.47. The third-order valence-corrected chi connectivity index (χ3v) is 6.82. The number of unbranched alkanes of at least 4 members (excludes halogenated alkanes) is 1. The maximum atomic E-state index is 13.3. The largest absolute Gasteiger partial charge is 0.495 e. The van der Waals surface area contributed by atoms with Crippen molar-refractivity contribution in [1.29, 1.82) is 0 Å². The lowest BCUT2D eigenvalue weighted by Crippen LogP contribution is -2.42. The van der Waals surface area contributed by atoms with Crippen molar-refractivity contribution in [3.8, 4) is 5.75 Å². The molecule has 1 aliphatic rings. The first-order valence-corrected chi connectivity index (χ1v) is 12.9. The van der Waals surface area contributed by atoms with Crippen molar-refractivity contribution in [2.45, 2.75) is 70.5 Å². The Morgan fingerprint density at radius 2 is 1.65 bits per heavy atom. The van der Waals surface area contributed by atoms with Crippen molar-refractivity contribution >= 4 is 28.4 Å². The molecule has 0 unspecified atom stereocenters. The second-order valence-corrected chi connectivity index (χ2v) is 9.45. The molecule has 1 aromatic heterocycles. The Hall–Kier alpha value is -3.88. The summed E-state index contributed by atoms with van der Waals surface area (Å²) >= 11 is 0. The summed E-state index contributed by atoms with van der Waals surface area (Å²) in [7, 11) is 1.51. The van der Waals surface area contributed by atoms with E-state index in [1.54, 1.807) is 48.5 Å². The van der Waals surface area contributed by atoms with Crippen LogP contribution in [0.15, 0.2) is 58.1 Å². The van der Waals surface area contributed by atoms with Gasteiger partial charge in [-0.1, -0.05) is 43.5 Å². The maximum absolute atomic E-state index is 13.3. The third-order valence-electron chi connectivity index (χ3n) is 6.82. The fraction of sp³-hybridized carbons (Fsp3) is 0.429. The van der Waals surface area contributed by atoms with Crippen molar-refractivity contribution in [2.75, 3.05) is 12.4 Å². The zero-order chi connectivity index (χ0) is 26.2. The summed E-state index contributed by atoms with van der Waals surface area (Å²) in [5.41, 5.74) is -0.0536. The summed E-state index contributed by atoms with van der Waals surface area (Å²) < 4.78 is 7.76. The van der Waals surface area contributed by atoms with E-state index in [0.717, 1.165) is 30.3 Å². The van der Waals surface area contributed by atoms with Crippen molar-refractivity contribution in [2.24, 2.45) is 0 Å². The van der Waals surface area contributed by atoms with Gasteiger partial charge >= 0.3 is 5.69 Å². The van der Waals surface area contributed by atoms with Gasteiger partial charge in [-0.3, -0.25) is 23.5 Å². The van der Waals surface area contributed by atoms with Gasteiger partial charge in [-0.25, -0.2) is 4.79 Å². The van der Waals surface area contributed by atoms with Crippen LogP contribution in [0.5, 0.6) is 5.75 Å². The van der Waals surface area contributed by atoms with E-state index in [4.69, 9.17) is 4.74 Å². The van der Waals surface area contributed by atoms with Crippen LogP contribution in [0, 0.1) is 0 Å². The second kappa shape index (κ2) is 12.4. The highest BCUT2D eigenvalue weighted by atomic mass is 16.5. The summed E-state index contributed by atoms with van der Waals surface area (Å²) in [6.45, 7) is -0.0885. The minimum atomic E-state index is -0.550. The van der Waals surface area contributed by atoms with Gasteiger partial charge in [-0.05, 0) is 49.9 Å². The minimum absolute atomic E-state index is 0.0168. The molecule has 1 saturated carbocycles. The number of aromatic nitrogens is 2. The summed E-state index contributed by atoms with van der Waals surface area (Å²) in [6, 6.07) is 14.0. The van der Waals surface area contributed by atoms with Crippen molar-refractivity contribution in [1.82, 2.24) is 14.5 Å². The van der Waals surface area contributed by atoms with Crippen LogP contribution in [-0.2, 0) is 22.7 Å². The van der Waals surface area contributed by atoms with Gasteiger partial charge in [-0.15, -0.1) is 0 Å². The summed E-state index contributed by atoms with van der Waals surface area (Å²) in [5, 5.41) is 6.24. The number of methoxy groups -OCH3 is 1. The molecular formula is C28H34N4O5. The average molecular weight is 507 g/mol. The molecule has 196 valence electrons. The topological polar surface area (TPSA) is 111 Å². The number of hydrogen-bond donors (Lipinski definition) is 2. The number of nitrogens with one attached hydrogen (secondary N) is 2. The molecule has 0 spiro atoms. The molecule has 3 aromatic rings. The zero-order valence-corrected chi connectivity index (χ0v) is 21.2. The first-order chi connectivity index (χ1) is 18.0. The van der Waals surface area contributed by atoms with Crippen LogP contribution in [0.1, 0.15) is 51.4 Å². The highest BCUT2D eigenvalue weighted by Crippen LogP contribution is 2.23. The van der Waals surface area contributed by atoms with Gasteiger partial charge in [0.2, 0.25) is 11.8 Å². The number of benzene rings is 2. The van der Waals surface area contributed by atoms with Gasteiger partial charge in [0.05, 0.1) is 23.7 Å². The van der Waals surface area contributed by atoms with E-state index in [0.29, 0.717) is 41.6 Å². The molecule has 2 aromatic carbocycles. The molecule has 1 aliphatic carbocycles. The molecule has 0 aliphatic heterocycles. The number of ether oxygens (including phenoxy) is 1. The normalized spacial score (nSPS) is 13.9. The Kier molecular flexibility index (Phi) is 8.77. The number of amides is 2. The van der Waals surface area contributed by atoms with Gasteiger partial charge < -0.3 is 15.4 Å². The number of anilines is 1. The van der Waals surface area contributed by atoms with Gasteiger partial charge in [0.15, 0.2) is 0 Å². The van der Waals surface area contributed by atoms with E-state index < -0.39 is 17.2 Å². The van der Waals surface area contributed by atoms with E-state index in [1.807, 2.05) is 0 Å². The van der Waals surface area contributed by atoms with E-state index >= 15 is 0 Å². The van der Waals surface area contributed by atoms with Crippen LogP contribution < -0.4 is 26.6 Å². The number of hydrogen-bond acceptors (Lipinski definition) is 5. The molecule has 4 rings (SSSR count). The number of para-hydroxylation sites is 3. The number of nitrogens with zero attached hydrogens (tertiary/aromatic N) is 2. The van der Waals surface area contributed by atoms with Gasteiger partial charge in [0.25, 0.3) is 5.56 Å². The molecule has 2 amide bonds. The number of carbonyl (C=O) groups is 2. The van der Waals surface area contributed by atoms with E-state index in [2.05, 4.69) is 10.6 Å². The van der Waals surface area contributed by atoms with E-state index in [1.165, 1.54) is 18.1 Å². The van der Waals surface area contributed by atoms with Crippen molar-refractivity contribution < 1.29 is 14.3 Å². The Morgan fingerprint density at radius 3 is 2.43 bits per heavy atom. The second-order valence-electron chi connectivity index (χ2n) is 9.45. The summed E-state index contributed by atoms with van der Waals surface area (Å²) in [4.78, 5) is 51.6. The lowest BCUT2D eigenvalue weighted by Gasteiger charge is -2.22. The molecular weight excluding hydrogens is 472 g/mol. The standard InChI is InChI=1S/C28H34N4O5/c1-37-24-16-8-6-14-22(24)30-26(34)19-32-23-15-7-5-13-21(23)27(35)31(28(32)36)18-10-9-17-25(33)29-20-11-3-2-4-12-20/h5-8,13-16,20H,2-4,9-12,17-19H2,1H3,(H,29,33)(H,30,34). The average Bonchev–Trinajstić information content (AvgIpc) is 2.91. The molecule has 0 atom stereocenters. The molecule has 0 radical (unpaired) electrons. The van der Waals surface area contributed by atoms with Gasteiger partial charge in [-0.2, -0.15) is 0 Å². The molecule has 9 nitrogen and oxygen atoms in total. The lowest BCUT2D eigenvalue weighted by molar-refractivity contribution is -0.122. The first-order valence-electron chi connectivity index (χ1n) is 12.9. The van der Waals surface area contributed by atoms with Crippen molar-refractivity contribution in [3.63, 3.8) is 0 Å². The highest BCUT2D eigenvalue weighted by molar-refractivity contribution is 5.93. The summed E-state index contributed by atoms with van der Waals surface area (Å²) in [6.07, 6.45) is 7.01. The van der Waals surface area contributed by atoms with Crippen LogP contribution >= 0.6 is 0 Å². The SMILES string of the molecule is COc1ccccc1NC(=O)Cn1c(=O)n(CCCCC(=O)NC2CCCCC2)c(=O)c2ccccc21. The molecule has 37 heavy (non-hydrogen) atoms. The maximum Gasteiger partial charge on any atom is 0.331 e. The smallest absolute Gasteiger partial charge is 0.331 e. The predicted molar refractivity (Wildman–Crippen MR) is 143 cm³/mol. The van der Waals surface area contributed by atoms with Gasteiger partial charge in [0, 0.05) is 19.0 Å². The molecule has 1 fully saturated rings. The van der Waals surface area contributed by atoms with Crippen LogP contribution in [0.4, 0.5) is 5.69 Å². The molecule has 2 N–H and O–H groups in total. The quantitative estimate of drug-likeness (QED) is 0.409. The monoisotopic (exact) mass is 506 g/mol. The molecule has 0 saturated heterocycles. The van der Waals surface area contributed by atoms with Crippen LogP contribution in [-0.4, -0.2) is 34.1 Å². The number of carbonyl (C=O) groups excluding carboxylic acids is 2. The minimum Gasteiger partial charge on any atom is -0.495 e. The highest BCUT2D eigenvalue weighted by Gasteiger charge is 2.17. The van der Waals surface area contributed by atoms with Crippen LogP contribution in [0.2, 0.25) is 0 Å². The van der Waals surface area contributed by atoms with Crippen LogP contribution in [0.3, 0.4) is 0 Å². The predicted octanol–water partition coefficient (Wildman–Crippen LogP) is 3.43. The van der Waals surface area contributed by atoms with Crippen LogP contribution in [0.25, 0.3) is 10.9 Å². The fourth-order valence-corrected chi connectivity index (χ4v) is 4.90. The molecule has 1 heterocycles. The number of fused-ring (bicyclic) bond motifs is 1. The first kappa shape index (κ1) is 26.2. The Morgan fingerprint density at radius 1 is 0.919 bits per heavy atom. The lowest BCUT2D eigenvalue weighted by atomic mass is 9.95. The Balaban J connectivity index is 1.46. The molecule has 0 bridgehead atoms.